The largest absolute Gasteiger partial charge is 0.497 e. The first-order valence-electron chi connectivity index (χ1n) is 8.89. The van der Waals surface area contributed by atoms with Crippen molar-refractivity contribution in [2.75, 3.05) is 33.9 Å². The summed E-state index contributed by atoms with van der Waals surface area (Å²) in [6.45, 7) is 5.77. The second-order valence-corrected chi connectivity index (χ2v) is 6.92. The Morgan fingerprint density at radius 1 is 0.893 bits per heavy atom. The molecular formula is C19H29N3O6. The Labute approximate surface area is 165 Å². The van der Waals surface area contributed by atoms with E-state index in [9.17, 15) is 14.4 Å². The fourth-order valence-corrected chi connectivity index (χ4v) is 2.09. The van der Waals surface area contributed by atoms with Gasteiger partial charge in [0.25, 0.3) is 5.91 Å². The van der Waals surface area contributed by atoms with Gasteiger partial charge in [0.2, 0.25) is 5.91 Å². The Morgan fingerprint density at radius 3 is 2.00 bits per heavy atom. The summed E-state index contributed by atoms with van der Waals surface area (Å²) >= 11 is 0. The van der Waals surface area contributed by atoms with Crippen molar-refractivity contribution in [2.45, 2.75) is 32.8 Å². The Hall–Kier alpha value is -2.97. The van der Waals surface area contributed by atoms with Crippen LogP contribution in [0.25, 0.3) is 0 Å². The van der Waals surface area contributed by atoms with Crippen LogP contribution in [-0.2, 0) is 9.53 Å². The molecule has 9 heteroatoms. The Kier molecular flexibility index (Phi) is 9.07. The average molecular weight is 395 g/mol. The van der Waals surface area contributed by atoms with Crippen LogP contribution in [-0.4, -0.2) is 57.4 Å². The number of benzene rings is 1. The van der Waals surface area contributed by atoms with Gasteiger partial charge in [-0.05, 0) is 39.3 Å². The molecule has 1 aromatic rings. The Morgan fingerprint density at radius 2 is 1.46 bits per heavy atom. The molecule has 0 atom stereocenters. The molecule has 0 fully saturated rings. The highest BCUT2D eigenvalue weighted by Gasteiger charge is 2.16. The van der Waals surface area contributed by atoms with Crippen molar-refractivity contribution in [1.82, 2.24) is 16.0 Å². The van der Waals surface area contributed by atoms with Crippen LogP contribution in [0.3, 0.4) is 0 Å². The number of carbonyl (C=O) groups excluding carboxylic acids is 3. The zero-order chi connectivity index (χ0) is 21.2. The maximum Gasteiger partial charge on any atom is 0.408 e. The van der Waals surface area contributed by atoms with Crippen molar-refractivity contribution in [1.29, 1.82) is 0 Å². The second kappa shape index (κ2) is 11.0. The number of ether oxygens (including phenoxy) is 3. The number of rotatable bonds is 9. The van der Waals surface area contributed by atoms with Crippen LogP contribution >= 0.6 is 0 Å². The number of nitrogens with one attached hydrogen (secondary N) is 3. The van der Waals surface area contributed by atoms with E-state index in [-0.39, 0.29) is 18.4 Å². The fourth-order valence-electron chi connectivity index (χ4n) is 2.09. The minimum atomic E-state index is -0.649. The third-order valence-electron chi connectivity index (χ3n) is 3.37. The molecular weight excluding hydrogens is 366 g/mol. The molecule has 0 spiro atoms. The first-order valence-corrected chi connectivity index (χ1v) is 8.89. The summed E-state index contributed by atoms with van der Waals surface area (Å²) in [5, 5.41) is 7.79. The van der Waals surface area contributed by atoms with Gasteiger partial charge in [-0.25, -0.2) is 4.79 Å². The molecule has 0 aliphatic heterocycles. The second-order valence-electron chi connectivity index (χ2n) is 6.92. The van der Waals surface area contributed by atoms with Crippen LogP contribution < -0.4 is 25.4 Å². The lowest BCUT2D eigenvalue weighted by atomic mass is 10.2. The van der Waals surface area contributed by atoms with Gasteiger partial charge in [-0.15, -0.1) is 0 Å². The molecule has 0 bridgehead atoms. The Balaban J connectivity index is 2.27. The lowest BCUT2D eigenvalue weighted by molar-refractivity contribution is -0.120. The van der Waals surface area contributed by atoms with E-state index >= 15 is 0 Å². The summed E-state index contributed by atoms with van der Waals surface area (Å²) in [4.78, 5) is 35.3. The van der Waals surface area contributed by atoms with Gasteiger partial charge in [0, 0.05) is 24.7 Å². The van der Waals surface area contributed by atoms with Gasteiger partial charge in [0.1, 0.15) is 17.1 Å². The number of carbonyl (C=O) groups is 3. The zero-order valence-corrected chi connectivity index (χ0v) is 17.0. The predicted molar refractivity (Wildman–Crippen MR) is 104 cm³/mol. The molecule has 9 nitrogen and oxygen atoms in total. The van der Waals surface area contributed by atoms with Crippen molar-refractivity contribution in [3.63, 3.8) is 0 Å². The molecule has 0 unspecified atom stereocenters. The van der Waals surface area contributed by atoms with Crippen molar-refractivity contribution >= 4 is 17.9 Å². The van der Waals surface area contributed by atoms with Gasteiger partial charge in [0.05, 0.1) is 20.8 Å². The minimum Gasteiger partial charge on any atom is -0.497 e. The molecule has 1 rings (SSSR count). The number of hydrogen-bond donors (Lipinski definition) is 3. The number of amides is 3. The number of methoxy groups -OCH3 is 2. The molecule has 3 amide bonds. The maximum absolute atomic E-state index is 12.2. The van der Waals surface area contributed by atoms with Gasteiger partial charge >= 0.3 is 6.09 Å². The summed E-state index contributed by atoms with van der Waals surface area (Å²) in [5.74, 6) is 0.438. The first-order chi connectivity index (χ1) is 13.1. The van der Waals surface area contributed by atoms with E-state index in [0.717, 1.165) is 0 Å². The molecule has 1 aromatic carbocycles. The van der Waals surface area contributed by atoms with Crippen molar-refractivity contribution in [2.24, 2.45) is 0 Å². The summed E-state index contributed by atoms with van der Waals surface area (Å²) in [5.41, 5.74) is -0.201. The van der Waals surface area contributed by atoms with Gasteiger partial charge in [-0.2, -0.15) is 0 Å². The van der Waals surface area contributed by atoms with Crippen molar-refractivity contribution in [3.05, 3.63) is 23.8 Å². The highest BCUT2D eigenvalue weighted by atomic mass is 16.6. The van der Waals surface area contributed by atoms with E-state index in [1.807, 2.05) is 0 Å². The van der Waals surface area contributed by atoms with E-state index in [2.05, 4.69) is 16.0 Å². The maximum atomic E-state index is 12.2. The van der Waals surface area contributed by atoms with Crippen LogP contribution in [0, 0.1) is 0 Å². The average Bonchev–Trinajstić information content (AvgIpc) is 2.64. The molecule has 0 saturated carbocycles. The third kappa shape index (κ3) is 9.11. The molecule has 0 heterocycles. The molecule has 0 aliphatic rings. The van der Waals surface area contributed by atoms with E-state index in [4.69, 9.17) is 14.2 Å². The number of hydrogen-bond acceptors (Lipinski definition) is 6. The molecule has 156 valence electrons. The topological polar surface area (TPSA) is 115 Å². The summed E-state index contributed by atoms with van der Waals surface area (Å²) in [7, 11) is 3.02. The SMILES string of the molecule is COc1cc(OC)cc(C(=O)NCCCNC(=O)CNC(=O)OC(C)(C)C)c1. The van der Waals surface area contributed by atoms with Crippen LogP contribution in [0.15, 0.2) is 18.2 Å². The molecule has 28 heavy (non-hydrogen) atoms. The fraction of sp³-hybridized carbons (Fsp3) is 0.526. The summed E-state index contributed by atoms with van der Waals surface area (Å²) in [6.07, 6.45) is -0.117. The lowest BCUT2D eigenvalue weighted by Crippen LogP contribution is -2.40. The summed E-state index contributed by atoms with van der Waals surface area (Å²) in [6, 6.07) is 4.90. The van der Waals surface area contributed by atoms with Crippen LogP contribution in [0.5, 0.6) is 11.5 Å². The summed E-state index contributed by atoms with van der Waals surface area (Å²) < 4.78 is 15.3. The normalized spacial score (nSPS) is 10.6. The van der Waals surface area contributed by atoms with Gasteiger partial charge in [0.15, 0.2) is 0 Å². The highest BCUT2D eigenvalue weighted by Crippen LogP contribution is 2.22. The molecule has 0 aromatic heterocycles. The van der Waals surface area contributed by atoms with E-state index < -0.39 is 11.7 Å². The standard InChI is InChI=1S/C19H29N3O6/c1-19(2,3)28-18(25)22-12-16(23)20-7-6-8-21-17(24)13-9-14(26-4)11-15(10-13)27-5/h9-11H,6-8,12H2,1-5H3,(H,20,23)(H,21,24)(H,22,25). The van der Waals surface area contributed by atoms with Crippen LogP contribution in [0.4, 0.5) is 4.79 Å². The highest BCUT2D eigenvalue weighted by molar-refractivity contribution is 5.95. The zero-order valence-electron chi connectivity index (χ0n) is 17.0. The Bertz CT molecular complexity index is 662. The minimum absolute atomic E-state index is 0.176. The third-order valence-corrected chi connectivity index (χ3v) is 3.37. The van der Waals surface area contributed by atoms with Gasteiger partial charge < -0.3 is 30.2 Å². The van der Waals surface area contributed by atoms with E-state index in [1.54, 1.807) is 39.0 Å². The van der Waals surface area contributed by atoms with Gasteiger partial charge in [-0.1, -0.05) is 0 Å². The first kappa shape index (κ1) is 23.1. The van der Waals surface area contributed by atoms with E-state index in [1.165, 1.54) is 14.2 Å². The predicted octanol–water partition coefficient (Wildman–Crippen LogP) is 1.46. The van der Waals surface area contributed by atoms with Crippen LogP contribution in [0.1, 0.15) is 37.6 Å². The van der Waals surface area contributed by atoms with Crippen molar-refractivity contribution in [3.8, 4) is 11.5 Å². The number of alkyl carbamates (subject to hydrolysis) is 1. The van der Waals surface area contributed by atoms with Gasteiger partial charge in [-0.3, -0.25) is 9.59 Å². The lowest BCUT2D eigenvalue weighted by Gasteiger charge is -2.19. The van der Waals surface area contributed by atoms with Crippen LogP contribution in [0.2, 0.25) is 0 Å². The molecule has 0 radical (unpaired) electrons. The molecule has 0 aliphatic carbocycles. The molecule has 3 N–H and O–H groups in total. The van der Waals surface area contributed by atoms with E-state index in [0.29, 0.717) is 36.6 Å². The molecule has 0 saturated heterocycles. The smallest absolute Gasteiger partial charge is 0.408 e. The monoisotopic (exact) mass is 395 g/mol. The quantitative estimate of drug-likeness (QED) is 0.546. The van der Waals surface area contributed by atoms with Crippen molar-refractivity contribution < 1.29 is 28.6 Å².